The minimum atomic E-state index is 0.265. The molecule has 0 aromatic heterocycles. The summed E-state index contributed by atoms with van der Waals surface area (Å²) in [5.41, 5.74) is 2.43. The lowest BCUT2D eigenvalue weighted by atomic mass is 9.86. The predicted molar refractivity (Wildman–Crippen MR) is 105 cm³/mol. The van der Waals surface area contributed by atoms with Gasteiger partial charge < -0.3 is 18.9 Å². The molecule has 2 rings (SSSR count). The molecule has 4 nitrogen and oxygen atoms in total. The second kappa shape index (κ2) is 9.95. The molecule has 0 fully saturated rings. The van der Waals surface area contributed by atoms with E-state index in [1.54, 1.807) is 28.4 Å². The molecule has 0 atom stereocenters. The summed E-state index contributed by atoms with van der Waals surface area (Å²) in [6.07, 6.45) is 4.66. The van der Waals surface area contributed by atoms with Crippen LogP contribution in [0.3, 0.4) is 0 Å². The lowest BCUT2D eigenvalue weighted by Crippen LogP contribution is -2.04. The van der Waals surface area contributed by atoms with Crippen molar-refractivity contribution in [3.8, 4) is 23.0 Å². The molecule has 0 amide bonds. The first kappa shape index (κ1) is 20.0. The SMILES string of the molecule is CCCCCC(c1ccc(OC)c(OC)c1)c1ccc(OC)c(OC)c1. The molecule has 0 radical (unpaired) electrons. The number of unbranched alkanes of at least 4 members (excludes halogenated alkanes) is 2. The van der Waals surface area contributed by atoms with Crippen LogP contribution in [0.5, 0.6) is 23.0 Å². The first-order chi connectivity index (χ1) is 12.7. The van der Waals surface area contributed by atoms with Crippen LogP contribution in [0.15, 0.2) is 36.4 Å². The molecule has 2 aromatic carbocycles. The van der Waals surface area contributed by atoms with Crippen LogP contribution in [0.4, 0.5) is 0 Å². The van der Waals surface area contributed by atoms with E-state index in [1.165, 1.54) is 30.4 Å². The second-order valence-corrected chi connectivity index (χ2v) is 6.28. The van der Waals surface area contributed by atoms with E-state index < -0.39 is 0 Å². The van der Waals surface area contributed by atoms with Crippen LogP contribution in [0, 0.1) is 0 Å². The summed E-state index contributed by atoms with van der Waals surface area (Å²) in [6, 6.07) is 12.3. The van der Waals surface area contributed by atoms with E-state index in [-0.39, 0.29) is 5.92 Å². The number of ether oxygens (including phenoxy) is 4. The Bertz CT molecular complexity index is 641. The van der Waals surface area contributed by atoms with Gasteiger partial charge in [0.05, 0.1) is 28.4 Å². The fourth-order valence-electron chi connectivity index (χ4n) is 3.26. The molecule has 2 aromatic rings. The minimum Gasteiger partial charge on any atom is -0.493 e. The summed E-state index contributed by atoms with van der Waals surface area (Å²) in [7, 11) is 6.66. The minimum absolute atomic E-state index is 0.265. The van der Waals surface area contributed by atoms with E-state index in [0.29, 0.717) is 0 Å². The second-order valence-electron chi connectivity index (χ2n) is 6.28. The predicted octanol–water partition coefficient (Wildman–Crippen LogP) is 5.43. The maximum atomic E-state index is 5.50. The van der Waals surface area contributed by atoms with Crippen LogP contribution in [-0.4, -0.2) is 28.4 Å². The Hall–Kier alpha value is -2.36. The van der Waals surface area contributed by atoms with Crippen molar-refractivity contribution < 1.29 is 18.9 Å². The zero-order chi connectivity index (χ0) is 18.9. The van der Waals surface area contributed by atoms with Crippen LogP contribution in [-0.2, 0) is 0 Å². The summed E-state index contributed by atoms with van der Waals surface area (Å²) in [5.74, 6) is 3.27. The fraction of sp³-hybridized carbons (Fsp3) is 0.455. The Balaban J connectivity index is 2.43. The van der Waals surface area contributed by atoms with Crippen molar-refractivity contribution in [2.24, 2.45) is 0 Å². The Labute approximate surface area is 157 Å². The maximum Gasteiger partial charge on any atom is 0.161 e. The van der Waals surface area contributed by atoms with E-state index in [4.69, 9.17) is 18.9 Å². The highest BCUT2D eigenvalue weighted by atomic mass is 16.5. The summed E-state index contributed by atoms with van der Waals surface area (Å²) >= 11 is 0. The molecule has 0 saturated carbocycles. The topological polar surface area (TPSA) is 36.9 Å². The van der Waals surface area contributed by atoms with E-state index >= 15 is 0 Å². The summed E-state index contributed by atoms with van der Waals surface area (Å²) in [5, 5.41) is 0. The lowest BCUT2D eigenvalue weighted by molar-refractivity contribution is 0.353. The molecule has 0 aliphatic heterocycles. The zero-order valence-electron chi connectivity index (χ0n) is 16.5. The van der Waals surface area contributed by atoms with Crippen molar-refractivity contribution in [1.82, 2.24) is 0 Å². The van der Waals surface area contributed by atoms with Crippen molar-refractivity contribution in [2.45, 2.75) is 38.5 Å². The number of hydrogen-bond donors (Lipinski definition) is 0. The van der Waals surface area contributed by atoms with Gasteiger partial charge in [0.15, 0.2) is 23.0 Å². The molecular weight excluding hydrogens is 328 g/mol. The third kappa shape index (κ3) is 4.63. The molecule has 0 saturated heterocycles. The largest absolute Gasteiger partial charge is 0.493 e. The molecule has 0 heterocycles. The van der Waals surface area contributed by atoms with E-state index in [1.807, 2.05) is 12.1 Å². The lowest BCUT2D eigenvalue weighted by Gasteiger charge is -2.21. The Morgan fingerprint density at radius 3 is 1.50 bits per heavy atom. The molecule has 0 N–H and O–H groups in total. The number of hydrogen-bond acceptors (Lipinski definition) is 4. The smallest absolute Gasteiger partial charge is 0.161 e. The van der Waals surface area contributed by atoms with E-state index in [9.17, 15) is 0 Å². The highest BCUT2D eigenvalue weighted by Gasteiger charge is 2.18. The molecule has 0 bridgehead atoms. The third-order valence-corrected chi connectivity index (χ3v) is 4.72. The molecule has 4 heteroatoms. The standard InChI is InChI=1S/C22H30O4/c1-6-7-8-9-18(16-10-12-19(23-2)21(14-16)25-4)17-11-13-20(24-3)22(15-17)26-5/h10-15,18H,6-9H2,1-5H3. The van der Waals surface area contributed by atoms with Gasteiger partial charge in [0.25, 0.3) is 0 Å². The first-order valence-electron chi connectivity index (χ1n) is 9.12. The molecule has 0 spiro atoms. The van der Waals surface area contributed by atoms with Gasteiger partial charge in [-0.15, -0.1) is 0 Å². The van der Waals surface area contributed by atoms with Crippen molar-refractivity contribution in [1.29, 1.82) is 0 Å². The Kier molecular flexibility index (Phi) is 7.64. The van der Waals surface area contributed by atoms with Gasteiger partial charge >= 0.3 is 0 Å². The number of rotatable bonds is 10. The average molecular weight is 358 g/mol. The molecule has 0 aliphatic rings. The van der Waals surface area contributed by atoms with Gasteiger partial charge in [-0.05, 0) is 41.8 Å². The van der Waals surface area contributed by atoms with Crippen molar-refractivity contribution in [2.75, 3.05) is 28.4 Å². The molecular formula is C22H30O4. The highest BCUT2D eigenvalue weighted by molar-refractivity contribution is 5.49. The Morgan fingerprint density at radius 1 is 0.654 bits per heavy atom. The summed E-state index contributed by atoms with van der Waals surface area (Å²) in [6.45, 7) is 2.22. The quantitative estimate of drug-likeness (QED) is 0.530. The van der Waals surface area contributed by atoms with Crippen LogP contribution in [0.25, 0.3) is 0 Å². The molecule has 0 unspecified atom stereocenters. The first-order valence-corrected chi connectivity index (χ1v) is 9.12. The average Bonchev–Trinajstić information content (AvgIpc) is 2.70. The van der Waals surface area contributed by atoms with Gasteiger partial charge in [0.1, 0.15) is 0 Å². The fourth-order valence-corrected chi connectivity index (χ4v) is 3.26. The molecule has 26 heavy (non-hydrogen) atoms. The van der Waals surface area contributed by atoms with Gasteiger partial charge in [-0.25, -0.2) is 0 Å². The van der Waals surface area contributed by atoms with Crippen molar-refractivity contribution in [3.05, 3.63) is 47.5 Å². The van der Waals surface area contributed by atoms with Gasteiger partial charge in [-0.2, -0.15) is 0 Å². The van der Waals surface area contributed by atoms with Crippen LogP contribution in [0.2, 0.25) is 0 Å². The summed E-state index contributed by atoms with van der Waals surface area (Å²) in [4.78, 5) is 0. The normalized spacial score (nSPS) is 10.7. The molecule has 0 aliphatic carbocycles. The van der Waals surface area contributed by atoms with Gasteiger partial charge in [-0.1, -0.05) is 38.3 Å². The van der Waals surface area contributed by atoms with Crippen LogP contribution < -0.4 is 18.9 Å². The van der Waals surface area contributed by atoms with Gasteiger partial charge in [0.2, 0.25) is 0 Å². The Morgan fingerprint density at radius 2 is 1.12 bits per heavy atom. The third-order valence-electron chi connectivity index (χ3n) is 4.72. The van der Waals surface area contributed by atoms with Crippen LogP contribution >= 0.6 is 0 Å². The van der Waals surface area contributed by atoms with Gasteiger partial charge in [-0.3, -0.25) is 0 Å². The van der Waals surface area contributed by atoms with Crippen molar-refractivity contribution >= 4 is 0 Å². The maximum absolute atomic E-state index is 5.50. The zero-order valence-corrected chi connectivity index (χ0v) is 16.5. The van der Waals surface area contributed by atoms with E-state index in [2.05, 4.69) is 31.2 Å². The monoisotopic (exact) mass is 358 g/mol. The highest BCUT2D eigenvalue weighted by Crippen LogP contribution is 2.38. The van der Waals surface area contributed by atoms with Crippen molar-refractivity contribution in [3.63, 3.8) is 0 Å². The number of methoxy groups -OCH3 is 4. The van der Waals surface area contributed by atoms with Crippen LogP contribution in [0.1, 0.15) is 49.7 Å². The summed E-state index contributed by atoms with van der Waals surface area (Å²) < 4.78 is 21.8. The van der Waals surface area contributed by atoms with Gasteiger partial charge in [0, 0.05) is 5.92 Å². The van der Waals surface area contributed by atoms with E-state index in [0.717, 1.165) is 29.4 Å². The number of benzene rings is 2. The molecule has 142 valence electrons.